The van der Waals surface area contributed by atoms with Crippen LogP contribution in [0.15, 0.2) is 54.9 Å². The van der Waals surface area contributed by atoms with Gasteiger partial charge in [0, 0.05) is 18.0 Å². The Morgan fingerprint density at radius 2 is 1.73 bits per heavy atom. The Morgan fingerprint density at radius 1 is 0.962 bits per heavy atom. The van der Waals surface area contributed by atoms with Crippen LogP contribution in [0.4, 0.5) is 5.69 Å². The zero-order chi connectivity index (χ0) is 17.8. The maximum atomic E-state index is 12.7. The summed E-state index contributed by atoms with van der Waals surface area (Å²) in [5.41, 5.74) is 2.71. The highest BCUT2D eigenvalue weighted by Gasteiger charge is 2.17. The average molecular weight is 347 g/mol. The highest BCUT2D eigenvalue weighted by atomic mass is 16.5. The number of nitrogens with zero attached hydrogens (tertiary/aromatic N) is 2. The summed E-state index contributed by atoms with van der Waals surface area (Å²) in [6.07, 6.45) is 9.34. The van der Waals surface area contributed by atoms with Crippen LogP contribution in [-0.2, 0) is 0 Å². The molecule has 0 atom stereocenters. The number of fused-ring (bicyclic) bond motifs is 1. The molecule has 1 aliphatic rings. The molecule has 0 radical (unpaired) electrons. The lowest BCUT2D eigenvalue weighted by Gasteiger charge is -2.24. The second-order valence-corrected chi connectivity index (χ2v) is 6.59. The van der Waals surface area contributed by atoms with Crippen LogP contribution in [0.25, 0.3) is 11.0 Å². The first-order valence-electron chi connectivity index (χ1n) is 9.07. The molecular formula is C21H21N3O2. The molecule has 5 nitrogen and oxygen atoms in total. The third-order valence-corrected chi connectivity index (χ3v) is 4.71. The Bertz CT molecular complexity index is 920. The zero-order valence-corrected chi connectivity index (χ0v) is 14.5. The van der Waals surface area contributed by atoms with Crippen LogP contribution in [0, 0.1) is 0 Å². The van der Waals surface area contributed by atoms with Crippen molar-refractivity contribution in [3.8, 4) is 5.75 Å². The van der Waals surface area contributed by atoms with Gasteiger partial charge < -0.3 is 10.1 Å². The van der Waals surface area contributed by atoms with Gasteiger partial charge in [0.1, 0.15) is 5.75 Å². The van der Waals surface area contributed by atoms with E-state index in [0.29, 0.717) is 16.8 Å². The van der Waals surface area contributed by atoms with Crippen molar-refractivity contribution in [3.63, 3.8) is 0 Å². The molecule has 0 bridgehead atoms. The van der Waals surface area contributed by atoms with Crippen LogP contribution < -0.4 is 10.1 Å². The van der Waals surface area contributed by atoms with E-state index in [1.54, 1.807) is 24.5 Å². The number of nitrogens with one attached hydrogen (secondary N) is 1. The molecule has 2 aromatic carbocycles. The van der Waals surface area contributed by atoms with Crippen molar-refractivity contribution in [2.24, 2.45) is 0 Å². The number of carbonyl (C=O) groups is 1. The van der Waals surface area contributed by atoms with E-state index >= 15 is 0 Å². The van der Waals surface area contributed by atoms with Gasteiger partial charge in [-0.25, -0.2) is 0 Å². The van der Waals surface area contributed by atoms with Crippen LogP contribution in [0.2, 0.25) is 0 Å². The van der Waals surface area contributed by atoms with Crippen molar-refractivity contribution in [2.75, 3.05) is 5.32 Å². The first kappa shape index (κ1) is 16.5. The summed E-state index contributed by atoms with van der Waals surface area (Å²) in [6.45, 7) is 0. The number of amides is 1. The quantitative estimate of drug-likeness (QED) is 0.749. The molecule has 0 unspecified atom stereocenters. The highest BCUT2D eigenvalue weighted by molar-refractivity contribution is 6.06. The van der Waals surface area contributed by atoms with Gasteiger partial charge in [0.05, 0.1) is 22.8 Å². The van der Waals surface area contributed by atoms with Gasteiger partial charge in [-0.05, 0) is 56.0 Å². The summed E-state index contributed by atoms with van der Waals surface area (Å²) in [6, 6.07) is 12.9. The van der Waals surface area contributed by atoms with Gasteiger partial charge in [0.25, 0.3) is 5.91 Å². The molecule has 4 rings (SSSR count). The maximum absolute atomic E-state index is 12.7. The first-order valence-corrected chi connectivity index (χ1v) is 9.07. The van der Waals surface area contributed by atoms with Crippen molar-refractivity contribution in [3.05, 3.63) is 60.4 Å². The largest absolute Gasteiger partial charge is 0.488 e. The lowest BCUT2D eigenvalue weighted by atomic mass is 9.98. The number of rotatable bonds is 4. The molecule has 0 saturated heterocycles. The zero-order valence-electron chi connectivity index (χ0n) is 14.5. The van der Waals surface area contributed by atoms with Gasteiger partial charge in [0.15, 0.2) is 0 Å². The van der Waals surface area contributed by atoms with Crippen molar-refractivity contribution in [1.82, 2.24) is 9.97 Å². The molecule has 1 fully saturated rings. The van der Waals surface area contributed by atoms with Gasteiger partial charge in [-0.3, -0.25) is 14.8 Å². The van der Waals surface area contributed by atoms with E-state index in [-0.39, 0.29) is 12.0 Å². The van der Waals surface area contributed by atoms with Gasteiger partial charge in [0.2, 0.25) is 0 Å². The molecule has 0 aliphatic heterocycles. The normalized spacial score (nSPS) is 14.9. The van der Waals surface area contributed by atoms with E-state index < -0.39 is 0 Å². The Labute approximate surface area is 152 Å². The molecule has 0 spiro atoms. The Balaban J connectivity index is 1.53. The minimum absolute atomic E-state index is 0.183. The summed E-state index contributed by atoms with van der Waals surface area (Å²) < 4.78 is 6.16. The summed E-state index contributed by atoms with van der Waals surface area (Å²) in [4.78, 5) is 21.2. The Morgan fingerprint density at radius 3 is 2.58 bits per heavy atom. The number of carbonyl (C=O) groups excluding carboxylic acids is 1. The SMILES string of the molecule is O=C(Nc1ccccc1OC1CCCCC1)c1ccc2nccnc2c1. The van der Waals surface area contributed by atoms with E-state index in [2.05, 4.69) is 15.3 Å². The summed E-state index contributed by atoms with van der Waals surface area (Å²) in [5.74, 6) is 0.547. The van der Waals surface area contributed by atoms with Crippen LogP contribution in [0.1, 0.15) is 42.5 Å². The molecular weight excluding hydrogens is 326 g/mol. The van der Waals surface area contributed by atoms with Gasteiger partial charge >= 0.3 is 0 Å². The van der Waals surface area contributed by atoms with E-state index in [1.807, 2.05) is 30.3 Å². The molecule has 3 aromatic rings. The van der Waals surface area contributed by atoms with Gasteiger partial charge in [-0.15, -0.1) is 0 Å². The van der Waals surface area contributed by atoms with Gasteiger partial charge in [-0.2, -0.15) is 0 Å². The van der Waals surface area contributed by atoms with Crippen LogP contribution in [0.3, 0.4) is 0 Å². The molecule has 1 aromatic heterocycles. The number of ether oxygens (including phenoxy) is 1. The minimum Gasteiger partial charge on any atom is -0.488 e. The van der Waals surface area contributed by atoms with Gasteiger partial charge in [-0.1, -0.05) is 18.6 Å². The monoisotopic (exact) mass is 347 g/mol. The second kappa shape index (κ2) is 7.52. The standard InChI is InChI=1S/C21H21N3O2/c25-21(15-10-11-17-19(14-15)23-13-12-22-17)24-18-8-4-5-9-20(18)26-16-6-2-1-3-7-16/h4-5,8-14,16H,1-3,6-7H2,(H,24,25). The van der Waals surface area contributed by atoms with E-state index in [1.165, 1.54) is 19.3 Å². The van der Waals surface area contributed by atoms with Crippen molar-refractivity contribution in [1.29, 1.82) is 0 Å². The number of hydrogen-bond acceptors (Lipinski definition) is 4. The molecule has 1 aliphatic carbocycles. The van der Waals surface area contributed by atoms with Crippen LogP contribution in [0.5, 0.6) is 5.75 Å². The van der Waals surface area contributed by atoms with Crippen LogP contribution >= 0.6 is 0 Å². The number of hydrogen-bond donors (Lipinski definition) is 1. The fraction of sp³-hybridized carbons (Fsp3) is 0.286. The average Bonchev–Trinajstić information content (AvgIpc) is 2.70. The predicted octanol–water partition coefficient (Wildman–Crippen LogP) is 4.59. The lowest BCUT2D eigenvalue weighted by molar-refractivity contribution is 0.102. The third-order valence-electron chi connectivity index (χ3n) is 4.71. The Kier molecular flexibility index (Phi) is 4.78. The minimum atomic E-state index is -0.183. The smallest absolute Gasteiger partial charge is 0.255 e. The summed E-state index contributed by atoms with van der Waals surface area (Å²) in [7, 11) is 0. The fourth-order valence-corrected chi connectivity index (χ4v) is 3.33. The molecule has 1 amide bonds. The molecule has 132 valence electrons. The van der Waals surface area contributed by atoms with E-state index in [4.69, 9.17) is 4.74 Å². The first-order chi connectivity index (χ1) is 12.8. The molecule has 1 saturated carbocycles. The van der Waals surface area contributed by atoms with E-state index in [9.17, 15) is 4.79 Å². The fourth-order valence-electron chi connectivity index (χ4n) is 3.33. The Hall–Kier alpha value is -2.95. The van der Waals surface area contributed by atoms with Crippen molar-refractivity contribution in [2.45, 2.75) is 38.2 Å². The number of benzene rings is 2. The number of para-hydroxylation sites is 2. The highest BCUT2D eigenvalue weighted by Crippen LogP contribution is 2.29. The lowest BCUT2D eigenvalue weighted by Crippen LogP contribution is -2.21. The summed E-state index contributed by atoms with van der Waals surface area (Å²) >= 11 is 0. The third kappa shape index (κ3) is 3.67. The predicted molar refractivity (Wildman–Crippen MR) is 101 cm³/mol. The summed E-state index contributed by atoms with van der Waals surface area (Å²) in [5, 5.41) is 2.97. The topological polar surface area (TPSA) is 64.1 Å². The molecule has 1 heterocycles. The van der Waals surface area contributed by atoms with Crippen molar-refractivity contribution < 1.29 is 9.53 Å². The molecule has 5 heteroatoms. The van der Waals surface area contributed by atoms with Crippen LogP contribution in [-0.4, -0.2) is 22.0 Å². The number of anilines is 1. The second-order valence-electron chi connectivity index (χ2n) is 6.59. The molecule has 26 heavy (non-hydrogen) atoms. The number of aromatic nitrogens is 2. The maximum Gasteiger partial charge on any atom is 0.255 e. The van der Waals surface area contributed by atoms with Crippen molar-refractivity contribution >= 4 is 22.6 Å². The van der Waals surface area contributed by atoms with E-state index in [0.717, 1.165) is 24.1 Å². The molecule has 1 N–H and O–H groups in total.